The van der Waals surface area contributed by atoms with Crippen LogP contribution >= 0.6 is 12.4 Å². The van der Waals surface area contributed by atoms with E-state index >= 15 is 0 Å². The third-order valence-corrected chi connectivity index (χ3v) is 4.11. The van der Waals surface area contributed by atoms with Crippen LogP contribution in [-0.4, -0.2) is 19.2 Å². The summed E-state index contributed by atoms with van der Waals surface area (Å²) in [6.07, 6.45) is 5.05. The largest absolute Gasteiger partial charge is 0.494 e. The second kappa shape index (κ2) is 8.82. The summed E-state index contributed by atoms with van der Waals surface area (Å²) < 4.78 is 5.86. The van der Waals surface area contributed by atoms with Gasteiger partial charge in [0, 0.05) is 6.04 Å². The maximum absolute atomic E-state index is 5.86. The average molecular weight is 318 g/mol. The van der Waals surface area contributed by atoms with Gasteiger partial charge < -0.3 is 10.1 Å². The van der Waals surface area contributed by atoms with Crippen LogP contribution in [-0.2, 0) is 0 Å². The first kappa shape index (κ1) is 16.9. The summed E-state index contributed by atoms with van der Waals surface area (Å²) in [6, 6.07) is 19.5. The van der Waals surface area contributed by atoms with E-state index in [2.05, 4.69) is 53.8 Å². The minimum Gasteiger partial charge on any atom is -0.494 e. The summed E-state index contributed by atoms with van der Waals surface area (Å²) in [5, 5.41) is 3.56. The van der Waals surface area contributed by atoms with Crippen LogP contribution in [0.1, 0.15) is 25.7 Å². The maximum atomic E-state index is 5.86. The van der Waals surface area contributed by atoms with Gasteiger partial charge in [-0.05, 0) is 49.1 Å². The molecule has 1 N–H and O–H groups in total. The number of hydrogen-bond acceptors (Lipinski definition) is 2. The number of piperidine rings is 1. The van der Waals surface area contributed by atoms with Crippen molar-refractivity contribution in [3.05, 3.63) is 54.6 Å². The summed E-state index contributed by atoms with van der Waals surface area (Å²) >= 11 is 0. The zero-order valence-electron chi connectivity index (χ0n) is 12.8. The van der Waals surface area contributed by atoms with Crippen LogP contribution in [0.25, 0.3) is 11.1 Å². The molecule has 0 aromatic heterocycles. The van der Waals surface area contributed by atoms with Crippen LogP contribution in [0.3, 0.4) is 0 Å². The number of hydrogen-bond donors (Lipinski definition) is 1. The van der Waals surface area contributed by atoms with Crippen molar-refractivity contribution in [3.8, 4) is 16.9 Å². The molecule has 0 saturated carbocycles. The highest BCUT2D eigenvalue weighted by atomic mass is 35.5. The monoisotopic (exact) mass is 317 g/mol. The third kappa shape index (κ3) is 4.75. The quantitative estimate of drug-likeness (QED) is 0.864. The van der Waals surface area contributed by atoms with E-state index in [4.69, 9.17) is 4.74 Å². The third-order valence-electron chi connectivity index (χ3n) is 4.11. The van der Waals surface area contributed by atoms with Crippen molar-refractivity contribution in [1.82, 2.24) is 5.32 Å². The van der Waals surface area contributed by atoms with Gasteiger partial charge in [-0.1, -0.05) is 48.9 Å². The van der Waals surface area contributed by atoms with Gasteiger partial charge in [0.2, 0.25) is 0 Å². The molecule has 2 aromatic carbocycles. The van der Waals surface area contributed by atoms with Crippen molar-refractivity contribution in [2.24, 2.45) is 0 Å². The molecule has 2 nitrogen and oxygen atoms in total. The fraction of sp³-hybridized carbons (Fsp3) is 0.368. The van der Waals surface area contributed by atoms with Gasteiger partial charge in [-0.15, -0.1) is 12.4 Å². The normalized spacial score (nSPS) is 17.5. The van der Waals surface area contributed by atoms with Gasteiger partial charge in [0.25, 0.3) is 0 Å². The Morgan fingerprint density at radius 3 is 2.32 bits per heavy atom. The van der Waals surface area contributed by atoms with E-state index in [1.807, 2.05) is 6.07 Å². The molecule has 3 heteroatoms. The van der Waals surface area contributed by atoms with Gasteiger partial charge in [0.05, 0.1) is 6.61 Å². The molecule has 0 spiro atoms. The molecule has 3 rings (SSSR count). The van der Waals surface area contributed by atoms with Crippen molar-refractivity contribution in [2.75, 3.05) is 13.2 Å². The molecule has 1 heterocycles. The highest BCUT2D eigenvalue weighted by Gasteiger charge is 2.11. The number of nitrogens with one attached hydrogen (secondary N) is 1. The van der Waals surface area contributed by atoms with Gasteiger partial charge in [0.15, 0.2) is 0 Å². The maximum Gasteiger partial charge on any atom is 0.119 e. The Balaban J connectivity index is 0.00000176. The van der Waals surface area contributed by atoms with Crippen LogP contribution in [0.5, 0.6) is 5.75 Å². The molecule has 1 aliphatic rings. The van der Waals surface area contributed by atoms with Crippen molar-refractivity contribution >= 4 is 12.4 Å². The van der Waals surface area contributed by atoms with Crippen molar-refractivity contribution in [3.63, 3.8) is 0 Å². The highest BCUT2D eigenvalue weighted by molar-refractivity contribution is 5.85. The minimum atomic E-state index is 0. The number of ether oxygens (including phenoxy) is 1. The molecule has 0 aliphatic carbocycles. The predicted octanol–water partition coefficient (Wildman–Crippen LogP) is 4.69. The molecule has 0 bridgehead atoms. The van der Waals surface area contributed by atoms with Crippen LogP contribution in [0.15, 0.2) is 54.6 Å². The van der Waals surface area contributed by atoms with Crippen LogP contribution < -0.4 is 10.1 Å². The van der Waals surface area contributed by atoms with Gasteiger partial charge in [-0.3, -0.25) is 0 Å². The van der Waals surface area contributed by atoms with Crippen LogP contribution in [0.2, 0.25) is 0 Å². The smallest absolute Gasteiger partial charge is 0.119 e. The first-order chi connectivity index (χ1) is 10.4. The summed E-state index contributed by atoms with van der Waals surface area (Å²) in [5.74, 6) is 0.963. The molecule has 2 aromatic rings. The molecule has 1 aliphatic heterocycles. The van der Waals surface area contributed by atoms with Gasteiger partial charge in [-0.2, -0.15) is 0 Å². The van der Waals surface area contributed by atoms with E-state index in [-0.39, 0.29) is 12.4 Å². The predicted molar refractivity (Wildman–Crippen MR) is 94.9 cm³/mol. The molecule has 1 unspecified atom stereocenters. The van der Waals surface area contributed by atoms with E-state index in [0.717, 1.165) is 25.3 Å². The summed E-state index contributed by atoms with van der Waals surface area (Å²) in [6.45, 7) is 1.96. The Hall–Kier alpha value is -1.51. The Kier molecular flexibility index (Phi) is 6.75. The van der Waals surface area contributed by atoms with Crippen molar-refractivity contribution < 1.29 is 4.74 Å². The topological polar surface area (TPSA) is 21.3 Å². The standard InChI is InChI=1S/C19H23NO.ClH/c1-2-6-16(7-3-1)17-9-11-19(12-10-17)21-15-13-18-8-4-5-14-20-18;/h1-3,6-7,9-12,18,20H,4-5,8,13-15H2;1H. The molecular formula is C19H24ClNO. The average Bonchev–Trinajstić information content (AvgIpc) is 2.57. The van der Waals surface area contributed by atoms with Crippen LogP contribution in [0, 0.1) is 0 Å². The number of halogens is 1. The van der Waals surface area contributed by atoms with Crippen molar-refractivity contribution in [2.45, 2.75) is 31.7 Å². The summed E-state index contributed by atoms with van der Waals surface area (Å²) in [5.41, 5.74) is 2.48. The van der Waals surface area contributed by atoms with E-state index in [0.29, 0.717) is 6.04 Å². The lowest BCUT2D eigenvalue weighted by molar-refractivity contribution is 0.268. The van der Waals surface area contributed by atoms with Crippen molar-refractivity contribution in [1.29, 1.82) is 0 Å². The molecule has 1 saturated heterocycles. The molecule has 1 atom stereocenters. The van der Waals surface area contributed by atoms with Gasteiger partial charge >= 0.3 is 0 Å². The van der Waals surface area contributed by atoms with E-state index in [9.17, 15) is 0 Å². The second-order valence-electron chi connectivity index (χ2n) is 5.67. The number of benzene rings is 2. The summed E-state index contributed by atoms with van der Waals surface area (Å²) in [7, 11) is 0. The number of rotatable bonds is 5. The zero-order chi connectivity index (χ0) is 14.3. The molecule has 0 radical (unpaired) electrons. The lowest BCUT2D eigenvalue weighted by Crippen LogP contribution is -2.35. The first-order valence-corrected chi connectivity index (χ1v) is 7.93. The molecule has 22 heavy (non-hydrogen) atoms. The Labute approximate surface area is 139 Å². The fourth-order valence-electron chi connectivity index (χ4n) is 2.86. The van der Waals surface area contributed by atoms with Gasteiger partial charge in [0.1, 0.15) is 5.75 Å². The van der Waals surface area contributed by atoms with Gasteiger partial charge in [-0.25, -0.2) is 0 Å². The van der Waals surface area contributed by atoms with E-state index in [1.54, 1.807) is 0 Å². The van der Waals surface area contributed by atoms with E-state index < -0.39 is 0 Å². The Morgan fingerprint density at radius 1 is 0.909 bits per heavy atom. The molecule has 118 valence electrons. The highest BCUT2D eigenvalue weighted by Crippen LogP contribution is 2.22. The fourth-order valence-corrected chi connectivity index (χ4v) is 2.86. The molecule has 0 amide bonds. The van der Waals surface area contributed by atoms with E-state index in [1.165, 1.54) is 30.4 Å². The molecule has 1 fully saturated rings. The second-order valence-corrected chi connectivity index (χ2v) is 5.67. The lowest BCUT2D eigenvalue weighted by Gasteiger charge is -2.23. The van der Waals surface area contributed by atoms with Crippen LogP contribution in [0.4, 0.5) is 0 Å². The molecular weight excluding hydrogens is 294 g/mol. The SMILES string of the molecule is Cl.c1ccc(-c2ccc(OCCC3CCCCN3)cc2)cc1. The minimum absolute atomic E-state index is 0. The first-order valence-electron chi connectivity index (χ1n) is 7.93. The zero-order valence-corrected chi connectivity index (χ0v) is 13.6. The Bertz CT molecular complexity index is 535. The lowest BCUT2D eigenvalue weighted by atomic mass is 10.0. The summed E-state index contributed by atoms with van der Waals surface area (Å²) in [4.78, 5) is 0. The Morgan fingerprint density at radius 2 is 1.64 bits per heavy atom.